The second kappa shape index (κ2) is 8.60. The molecule has 4 rings (SSSR count). The summed E-state index contributed by atoms with van der Waals surface area (Å²) < 4.78 is 5.49. The average Bonchev–Trinajstić information content (AvgIpc) is 3.06. The molecule has 2 heterocycles. The van der Waals surface area contributed by atoms with E-state index in [4.69, 9.17) is 4.74 Å². The first kappa shape index (κ1) is 19.4. The Labute approximate surface area is 171 Å². The molecular weight excluding hydrogens is 366 g/mol. The van der Waals surface area contributed by atoms with Gasteiger partial charge in [-0.2, -0.15) is 0 Å². The Morgan fingerprint density at radius 2 is 1.79 bits per heavy atom. The Bertz CT molecular complexity index is 927. The molecule has 0 radical (unpaired) electrons. The molecule has 0 unspecified atom stereocenters. The maximum atomic E-state index is 5.49. The van der Waals surface area contributed by atoms with Crippen LogP contribution >= 0.6 is 11.8 Å². The number of nitrogens with zero attached hydrogens (tertiary/aromatic N) is 2. The number of aromatic amines is 1. The van der Waals surface area contributed by atoms with Crippen molar-refractivity contribution in [1.82, 2.24) is 14.8 Å². The lowest BCUT2D eigenvalue weighted by Gasteiger charge is -2.32. The fourth-order valence-electron chi connectivity index (χ4n) is 3.73. The topological polar surface area (TPSA) is 31.5 Å². The Morgan fingerprint density at radius 3 is 2.50 bits per heavy atom. The van der Waals surface area contributed by atoms with Crippen LogP contribution in [0, 0.1) is 6.92 Å². The molecule has 4 nitrogen and oxygen atoms in total. The number of benzene rings is 2. The molecule has 3 aromatic rings. The minimum Gasteiger partial charge on any atom is -0.497 e. The summed E-state index contributed by atoms with van der Waals surface area (Å²) in [5.41, 5.74) is 5.24. The van der Waals surface area contributed by atoms with Crippen LogP contribution in [0.15, 0.2) is 47.4 Å². The summed E-state index contributed by atoms with van der Waals surface area (Å²) in [7, 11) is 3.94. The van der Waals surface area contributed by atoms with Crippen molar-refractivity contribution < 1.29 is 4.74 Å². The fraction of sp³-hybridized carbons (Fsp3) is 0.391. The monoisotopic (exact) mass is 395 g/mol. The van der Waals surface area contributed by atoms with E-state index in [0.29, 0.717) is 0 Å². The third-order valence-corrected chi connectivity index (χ3v) is 6.62. The van der Waals surface area contributed by atoms with E-state index in [1.807, 2.05) is 17.8 Å². The number of piperazine rings is 1. The van der Waals surface area contributed by atoms with Crippen LogP contribution in [-0.4, -0.2) is 55.1 Å². The number of fused-ring (bicyclic) bond motifs is 1. The van der Waals surface area contributed by atoms with Gasteiger partial charge in [-0.05, 0) is 49.9 Å². The summed E-state index contributed by atoms with van der Waals surface area (Å²) in [5, 5.41) is 1.29. The maximum absolute atomic E-state index is 5.49. The zero-order valence-corrected chi connectivity index (χ0v) is 17.8. The smallest absolute Gasteiger partial charge is 0.119 e. The number of thioether (sulfide) groups is 1. The lowest BCUT2D eigenvalue weighted by molar-refractivity contribution is 0.148. The number of aryl methyl sites for hydroxylation is 1. The highest BCUT2D eigenvalue weighted by atomic mass is 32.2. The molecule has 0 atom stereocenters. The molecular formula is C23H29N3OS. The van der Waals surface area contributed by atoms with E-state index in [1.54, 1.807) is 7.11 Å². The summed E-state index contributed by atoms with van der Waals surface area (Å²) in [5.74, 6) is 1.87. The van der Waals surface area contributed by atoms with E-state index < -0.39 is 0 Å². The van der Waals surface area contributed by atoms with Crippen LogP contribution in [0.4, 0.5) is 0 Å². The van der Waals surface area contributed by atoms with Gasteiger partial charge in [0.2, 0.25) is 0 Å². The van der Waals surface area contributed by atoms with Gasteiger partial charge >= 0.3 is 0 Å². The fourth-order valence-corrected chi connectivity index (χ4v) is 4.62. The molecule has 0 bridgehead atoms. The molecule has 1 N–H and O–H groups in total. The van der Waals surface area contributed by atoms with Crippen LogP contribution < -0.4 is 4.74 Å². The van der Waals surface area contributed by atoms with Gasteiger partial charge in [-0.1, -0.05) is 17.7 Å². The Morgan fingerprint density at radius 1 is 1.04 bits per heavy atom. The lowest BCUT2D eigenvalue weighted by atomic mass is 10.1. The highest BCUT2D eigenvalue weighted by Gasteiger charge is 2.19. The van der Waals surface area contributed by atoms with Crippen molar-refractivity contribution in [2.45, 2.75) is 24.1 Å². The molecule has 1 aromatic heterocycles. The van der Waals surface area contributed by atoms with Gasteiger partial charge in [0.05, 0.1) is 7.11 Å². The second-order valence-electron chi connectivity index (χ2n) is 7.67. The van der Waals surface area contributed by atoms with Crippen molar-refractivity contribution in [3.63, 3.8) is 0 Å². The number of hydrogen-bond donors (Lipinski definition) is 1. The SMILES string of the molecule is COc1ccc2[nH]c(CSc3ccc(C)cc3)c(CN3CCN(C)CC3)c2c1. The van der Waals surface area contributed by atoms with Crippen molar-refractivity contribution in [1.29, 1.82) is 0 Å². The Hall–Kier alpha value is -1.95. The molecule has 1 aliphatic heterocycles. The van der Waals surface area contributed by atoms with E-state index in [9.17, 15) is 0 Å². The van der Waals surface area contributed by atoms with Gasteiger partial charge in [0.25, 0.3) is 0 Å². The minimum absolute atomic E-state index is 0.920. The summed E-state index contributed by atoms with van der Waals surface area (Å²) in [4.78, 5) is 9.97. The van der Waals surface area contributed by atoms with Crippen LogP contribution in [0.3, 0.4) is 0 Å². The van der Waals surface area contributed by atoms with Crippen molar-refractivity contribution >= 4 is 22.7 Å². The molecule has 148 valence electrons. The lowest BCUT2D eigenvalue weighted by Crippen LogP contribution is -2.43. The van der Waals surface area contributed by atoms with Gasteiger partial charge < -0.3 is 14.6 Å². The first-order chi connectivity index (χ1) is 13.6. The van der Waals surface area contributed by atoms with Gasteiger partial charge in [-0.25, -0.2) is 0 Å². The van der Waals surface area contributed by atoms with Crippen molar-refractivity contribution in [2.75, 3.05) is 40.3 Å². The zero-order valence-electron chi connectivity index (χ0n) is 17.0. The minimum atomic E-state index is 0.920. The number of rotatable bonds is 6. The quantitative estimate of drug-likeness (QED) is 0.622. The number of aromatic nitrogens is 1. The molecule has 1 aliphatic rings. The molecule has 1 fully saturated rings. The predicted octanol–water partition coefficient (Wildman–Crippen LogP) is 4.52. The van der Waals surface area contributed by atoms with E-state index in [2.05, 4.69) is 65.2 Å². The third kappa shape index (κ3) is 4.37. The number of hydrogen-bond acceptors (Lipinski definition) is 4. The third-order valence-electron chi connectivity index (χ3n) is 5.58. The van der Waals surface area contributed by atoms with Crippen LogP contribution in [0.25, 0.3) is 10.9 Å². The highest BCUT2D eigenvalue weighted by Crippen LogP contribution is 2.32. The Kier molecular flexibility index (Phi) is 5.95. The highest BCUT2D eigenvalue weighted by molar-refractivity contribution is 7.98. The molecule has 0 saturated carbocycles. The second-order valence-corrected chi connectivity index (χ2v) is 8.72. The maximum Gasteiger partial charge on any atom is 0.119 e. The Balaban J connectivity index is 1.60. The number of H-pyrrole nitrogens is 1. The van der Waals surface area contributed by atoms with E-state index in [1.165, 1.54) is 32.6 Å². The first-order valence-electron chi connectivity index (χ1n) is 9.90. The van der Waals surface area contributed by atoms with Crippen molar-refractivity contribution in [3.05, 3.63) is 59.3 Å². The van der Waals surface area contributed by atoms with Gasteiger partial charge in [-0.3, -0.25) is 4.90 Å². The van der Waals surface area contributed by atoms with Crippen LogP contribution in [0.2, 0.25) is 0 Å². The normalized spacial score (nSPS) is 16.0. The number of ether oxygens (including phenoxy) is 1. The molecule has 5 heteroatoms. The predicted molar refractivity (Wildman–Crippen MR) is 118 cm³/mol. The van der Waals surface area contributed by atoms with Crippen molar-refractivity contribution in [2.24, 2.45) is 0 Å². The molecule has 2 aromatic carbocycles. The van der Waals surface area contributed by atoms with Gasteiger partial charge in [0, 0.05) is 60.0 Å². The van der Waals surface area contributed by atoms with Gasteiger partial charge in [0.15, 0.2) is 0 Å². The number of methoxy groups -OCH3 is 1. The summed E-state index contributed by atoms with van der Waals surface area (Å²) in [6.07, 6.45) is 0. The molecule has 28 heavy (non-hydrogen) atoms. The summed E-state index contributed by atoms with van der Waals surface area (Å²) >= 11 is 1.89. The standard InChI is InChI=1S/C23H29N3OS/c1-17-4-7-19(8-5-17)28-16-23-21(15-26-12-10-25(2)11-13-26)20-14-18(27-3)6-9-22(20)24-23/h4-9,14,24H,10-13,15-16H2,1-3H3. The number of likely N-dealkylation sites (N-methyl/N-ethyl adjacent to an activating group) is 1. The van der Waals surface area contributed by atoms with Crippen LogP contribution in [-0.2, 0) is 12.3 Å². The average molecular weight is 396 g/mol. The zero-order chi connectivity index (χ0) is 19.5. The van der Waals surface area contributed by atoms with Crippen LogP contribution in [0.1, 0.15) is 16.8 Å². The molecule has 0 spiro atoms. The largest absolute Gasteiger partial charge is 0.497 e. The van der Waals surface area contributed by atoms with Crippen molar-refractivity contribution in [3.8, 4) is 5.75 Å². The summed E-state index contributed by atoms with van der Waals surface area (Å²) in [6, 6.07) is 15.2. The first-order valence-corrected chi connectivity index (χ1v) is 10.9. The number of nitrogens with one attached hydrogen (secondary N) is 1. The van der Waals surface area contributed by atoms with Crippen LogP contribution in [0.5, 0.6) is 5.75 Å². The molecule has 0 amide bonds. The molecule has 0 aliphatic carbocycles. The van der Waals surface area contributed by atoms with Gasteiger partial charge in [-0.15, -0.1) is 11.8 Å². The van der Waals surface area contributed by atoms with E-state index in [0.717, 1.165) is 44.2 Å². The summed E-state index contributed by atoms with van der Waals surface area (Å²) in [6.45, 7) is 7.64. The van der Waals surface area contributed by atoms with E-state index >= 15 is 0 Å². The van der Waals surface area contributed by atoms with E-state index in [-0.39, 0.29) is 0 Å². The van der Waals surface area contributed by atoms with Gasteiger partial charge in [0.1, 0.15) is 5.75 Å². The molecule has 1 saturated heterocycles.